The van der Waals surface area contributed by atoms with Crippen molar-refractivity contribution in [2.75, 3.05) is 19.6 Å². The van der Waals surface area contributed by atoms with E-state index in [4.69, 9.17) is 9.15 Å². The molecule has 0 bridgehead atoms. The van der Waals surface area contributed by atoms with Crippen molar-refractivity contribution in [2.24, 2.45) is 0 Å². The van der Waals surface area contributed by atoms with Crippen molar-refractivity contribution in [3.05, 3.63) is 157 Å². The highest BCUT2D eigenvalue weighted by atomic mass is 32.2. The largest absolute Gasteiger partial charge is 0.497 e. The van der Waals surface area contributed by atoms with Crippen LogP contribution in [-0.4, -0.2) is 25.8 Å². The van der Waals surface area contributed by atoms with Crippen molar-refractivity contribution in [2.45, 2.75) is 5.75 Å². The lowest BCUT2D eigenvalue weighted by Gasteiger charge is -2.44. The molecule has 0 saturated heterocycles. The number of fused-ring (bicyclic) bond motifs is 1. The quantitative estimate of drug-likeness (QED) is 0.0408. The van der Waals surface area contributed by atoms with Crippen LogP contribution in [0.5, 0.6) is 5.75 Å². The molecular weight excluding hydrogens is 931 g/mol. The minimum Gasteiger partial charge on any atom is -0.497 e. The maximum absolute atomic E-state index is 15.4. The van der Waals surface area contributed by atoms with Gasteiger partial charge in [-0.1, -0.05) is 0 Å². The first-order valence-electron chi connectivity index (χ1n) is 16.3. The van der Waals surface area contributed by atoms with Crippen molar-refractivity contribution < 1.29 is 101 Å². The summed E-state index contributed by atoms with van der Waals surface area (Å²) in [5.41, 5.74) is -13.6. The maximum Gasteiger partial charge on any atom is 0.336 e. The maximum atomic E-state index is 15.4. The highest BCUT2D eigenvalue weighted by Crippen LogP contribution is 2.31. The Labute approximate surface area is 337 Å². The molecule has 5 aromatic carbocycles. The summed E-state index contributed by atoms with van der Waals surface area (Å²) in [6.45, 7) is 0. The Morgan fingerprint density at radius 3 is 0.984 bits per heavy atom. The van der Waals surface area contributed by atoms with Crippen LogP contribution in [0.4, 0.5) is 87.8 Å². The topological polar surface area (TPSA) is 56.5 Å². The first kappa shape index (κ1) is 48.0. The van der Waals surface area contributed by atoms with Gasteiger partial charge in [-0.15, -0.1) is 26.1 Å². The fourth-order valence-electron chi connectivity index (χ4n) is 6.71. The summed E-state index contributed by atoms with van der Waals surface area (Å²) < 4.78 is 316. The third kappa shape index (κ3) is 7.64. The average Bonchev–Trinajstić information content (AvgIpc) is 3.22. The minimum absolute atomic E-state index is 0.363. The van der Waals surface area contributed by atoms with E-state index in [0.717, 1.165) is 10.9 Å². The normalized spacial score (nSPS) is 11.9. The molecule has 1 aromatic heterocycles. The van der Waals surface area contributed by atoms with Crippen molar-refractivity contribution in [3.8, 4) is 5.75 Å². The predicted molar refractivity (Wildman–Crippen MR) is 182 cm³/mol. The van der Waals surface area contributed by atoms with Gasteiger partial charge in [-0.05, 0) is 12.1 Å². The van der Waals surface area contributed by atoms with Crippen molar-refractivity contribution in [3.63, 3.8) is 0 Å². The number of benzene rings is 5. The van der Waals surface area contributed by atoms with E-state index in [2.05, 4.69) is 0 Å². The molecule has 0 aliphatic carbocycles. The molecule has 0 atom stereocenters. The van der Waals surface area contributed by atoms with Crippen LogP contribution >= 0.6 is 0 Å². The average molecular weight is 946 g/mol. The predicted octanol–water partition coefficient (Wildman–Crippen LogP) is 7.91. The summed E-state index contributed by atoms with van der Waals surface area (Å²) in [5, 5.41) is 0.798. The van der Waals surface area contributed by atoms with Crippen LogP contribution in [-0.2, 0) is 19.9 Å². The van der Waals surface area contributed by atoms with E-state index in [1.165, 1.54) is 6.07 Å². The molecule has 0 N–H and O–H groups in total. The van der Waals surface area contributed by atoms with E-state index in [0.29, 0.717) is 17.1 Å². The fourth-order valence-corrected chi connectivity index (χ4v) is 7.69. The highest BCUT2D eigenvalue weighted by Gasteiger charge is 2.52. The van der Waals surface area contributed by atoms with Crippen molar-refractivity contribution in [1.29, 1.82) is 0 Å². The molecule has 6 aromatic rings. The van der Waals surface area contributed by atoms with E-state index in [9.17, 15) is 61.7 Å². The van der Waals surface area contributed by atoms with Gasteiger partial charge in [0.15, 0.2) is 69.8 Å². The number of ether oxygens (including phenoxy) is 1. The summed E-state index contributed by atoms with van der Waals surface area (Å²) in [5.74, 6) is -70.4. The van der Waals surface area contributed by atoms with E-state index in [1.54, 1.807) is 31.8 Å². The Hall–Kier alpha value is -6.08. The first-order chi connectivity index (χ1) is 29.1. The van der Waals surface area contributed by atoms with E-state index in [1.807, 2.05) is 6.07 Å². The van der Waals surface area contributed by atoms with Gasteiger partial charge in [0.25, 0.3) is 0 Å². The number of halogens is 20. The number of hydrogen-bond donors (Lipinski definition) is 0. The van der Waals surface area contributed by atoms with Crippen LogP contribution in [0.1, 0.15) is 5.56 Å². The number of hydrogen-bond acceptors (Lipinski definition) is 4. The molecule has 63 heavy (non-hydrogen) atoms. The van der Waals surface area contributed by atoms with Crippen LogP contribution < -0.4 is 32.2 Å². The fraction of sp³-hybridized carbons (Fsp3) is 0.108. The van der Waals surface area contributed by atoms with Crippen molar-refractivity contribution >= 4 is 48.9 Å². The monoisotopic (exact) mass is 946 g/mol. The molecule has 0 aliphatic rings. The third-order valence-electron chi connectivity index (χ3n) is 9.25. The Balaban J connectivity index is 0.000000345. The summed E-state index contributed by atoms with van der Waals surface area (Å²) in [6.07, 6.45) is -3.86. The van der Waals surface area contributed by atoms with Gasteiger partial charge in [0.05, 0.1) is 17.0 Å². The first-order valence-corrected chi connectivity index (χ1v) is 18.9. The Kier molecular flexibility index (Phi) is 12.9. The summed E-state index contributed by atoms with van der Waals surface area (Å²) >= 11 is 0. The minimum atomic E-state index is -7.22. The molecule has 1 heterocycles. The molecule has 6 rings (SSSR count). The number of rotatable bonds is 7. The van der Waals surface area contributed by atoms with Gasteiger partial charge >= 0.3 is 5.63 Å². The third-order valence-corrected chi connectivity index (χ3v) is 10.3. The summed E-state index contributed by atoms with van der Waals surface area (Å²) in [7, 11) is -0.413. The zero-order valence-corrected chi connectivity index (χ0v) is 31.5. The molecule has 0 spiro atoms. The zero-order valence-electron chi connectivity index (χ0n) is 30.7. The lowest BCUT2D eigenvalue weighted by Crippen LogP contribution is -2.81. The van der Waals surface area contributed by atoms with Gasteiger partial charge < -0.3 is 9.15 Å². The smallest absolute Gasteiger partial charge is 0.336 e. The van der Waals surface area contributed by atoms with E-state index >= 15 is 35.1 Å². The molecule has 0 fully saturated rings. The summed E-state index contributed by atoms with van der Waals surface area (Å²) in [4.78, 5) is 11.5. The second kappa shape index (κ2) is 16.9. The summed E-state index contributed by atoms with van der Waals surface area (Å²) in [6, 6.07) is 6.67. The Morgan fingerprint density at radius 1 is 0.460 bits per heavy atom. The zero-order chi connectivity index (χ0) is 47.7. The highest BCUT2D eigenvalue weighted by molar-refractivity contribution is 8.00. The number of methoxy groups -OCH3 is 1. The second-order valence-electron chi connectivity index (χ2n) is 13.3. The van der Waals surface area contributed by atoms with Crippen LogP contribution in [0.2, 0.25) is 0 Å². The molecule has 0 amide bonds. The molecule has 0 unspecified atom stereocenters. The van der Waals surface area contributed by atoms with Gasteiger partial charge in [0.2, 0.25) is 0 Å². The SMILES string of the molecule is COc1ccc2c(C[S+](C)(C)=O)cc(=O)oc2c1.Fc1c(F)c(F)c([B-](c2c(F)c(F)c(F)c(F)c2F)(c2c(F)c(F)c(F)c(F)c2F)c2c(F)c(F)c(F)c(F)c2F)c(F)c1F. The standard InChI is InChI=1S/C24BF20.C13H15O4S/c26-5-1(6(27)14(35)21(42)13(5)34)25(2-7(28)15(36)22(43)16(37)8(2)29,3-9(30)17(38)23(44)18(39)10(3)31)4-11(32)19(40)24(45)20(41)12(4)33;1-16-10-4-5-11-9(8-18(2,3)15)6-13(14)17-12(11)7-10/h;4-7H,8H2,1-3H3/q-1;+1. The van der Waals surface area contributed by atoms with Gasteiger partial charge in [-0.3, -0.25) is 0 Å². The second-order valence-corrected chi connectivity index (χ2v) is 16.5. The molecule has 0 saturated carbocycles. The van der Waals surface area contributed by atoms with Crippen LogP contribution in [0.25, 0.3) is 11.0 Å². The Bertz CT molecular complexity index is 2630. The van der Waals surface area contributed by atoms with Crippen LogP contribution in [0, 0.1) is 116 Å². The van der Waals surface area contributed by atoms with Gasteiger partial charge in [-0.2, -0.15) is 0 Å². The molecule has 0 radical (unpaired) electrons. The molecular formula is C37H15BF20O4S. The molecule has 26 heteroatoms. The van der Waals surface area contributed by atoms with Gasteiger partial charge in [0.1, 0.15) is 82.3 Å². The van der Waals surface area contributed by atoms with Crippen LogP contribution in [0.3, 0.4) is 0 Å². The van der Waals surface area contributed by atoms with Crippen LogP contribution in [0.15, 0.2) is 33.5 Å². The van der Waals surface area contributed by atoms with Crippen molar-refractivity contribution in [1.82, 2.24) is 0 Å². The molecule has 4 nitrogen and oxygen atoms in total. The lowest BCUT2D eigenvalue weighted by molar-refractivity contribution is 0.378. The van der Waals surface area contributed by atoms with Gasteiger partial charge in [-0.25, -0.2) is 92.6 Å². The van der Waals surface area contributed by atoms with Gasteiger partial charge in [0, 0.05) is 23.1 Å². The lowest BCUT2D eigenvalue weighted by atomic mass is 9.12. The Morgan fingerprint density at radius 2 is 0.730 bits per heavy atom. The molecule has 336 valence electrons. The van der Waals surface area contributed by atoms with E-state index < -0.39 is 160 Å². The van der Waals surface area contributed by atoms with E-state index in [-0.39, 0.29) is 0 Å². The molecule has 0 aliphatic heterocycles.